The summed E-state index contributed by atoms with van der Waals surface area (Å²) in [6.07, 6.45) is -4.39. The van der Waals surface area contributed by atoms with E-state index in [1.807, 2.05) is 46.7 Å². The summed E-state index contributed by atoms with van der Waals surface area (Å²) in [5.74, 6) is 1.36. The molecule has 0 atom stereocenters. The van der Waals surface area contributed by atoms with Crippen molar-refractivity contribution in [1.29, 1.82) is 0 Å². The normalized spacial score (nSPS) is 14.5. The van der Waals surface area contributed by atoms with Crippen LogP contribution in [0.2, 0.25) is 0 Å². The van der Waals surface area contributed by atoms with E-state index in [9.17, 15) is 18.0 Å². The van der Waals surface area contributed by atoms with Crippen molar-refractivity contribution in [2.24, 2.45) is 0 Å². The van der Waals surface area contributed by atoms with Crippen molar-refractivity contribution in [1.82, 2.24) is 9.47 Å². The lowest BCUT2D eigenvalue weighted by molar-refractivity contribution is -0.137. The molecule has 0 aliphatic carbocycles. The maximum Gasteiger partial charge on any atom is 0.416 e. The van der Waals surface area contributed by atoms with Crippen molar-refractivity contribution in [3.05, 3.63) is 83.2 Å². The number of carbonyl (C=O) groups is 1. The standard InChI is InChI=1S/C27H26F3N3O3/c1-18-13-23-25(36-18)16-24(33(23)17-19-5-3-8-22(14-19)35-2)26(34)32-11-9-31(10-12-32)21-7-4-6-20(15-21)27(28,29)30/h3-8,13-16H,9-12,17H2,1-2H3. The number of amides is 1. The molecule has 3 heterocycles. The van der Waals surface area contributed by atoms with E-state index in [2.05, 4.69) is 0 Å². The van der Waals surface area contributed by atoms with Crippen molar-refractivity contribution in [3.63, 3.8) is 0 Å². The van der Waals surface area contributed by atoms with E-state index in [-0.39, 0.29) is 5.91 Å². The molecule has 0 radical (unpaired) electrons. The van der Waals surface area contributed by atoms with Crippen LogP contribution in [0.1, 0.15) is 27.4 Å². The molecule has 5 rings (SSSR count). The van der Waals surface area contributed by atoms with Crippen LogP contribution < -0.4 is 9.64 Å². The minimum Gasteiger partial charge on any atom is -0.497 e. The van der Waals surface area contributed by atoms with Crippen LogP contribution in [0.25, 0.3) is 11.1 Å². The fourth-order valence-electron chi connectivity index (χ4n) is 4.67. The van der Waals surface area contributed by atoms with E-state index in [0.29, 0.717) is 49.7 Å². The Morgan fingerprint density at radius 1 is 1.00 bits per heavy atom. The minimum atomic E-state index is -4.39. The number of hydrogen-bond acceptors (Lipinski definition) is 4. The fourth-order valence-corrected chi connectivity index (χ4v) is 4.67. The topological polar surface area (TPSA) is 50.9 Å². The first kappa shape index (κ1) is 23.8. The van der Waals surface area contributed by atoms with Gasteiger partial charge in [0.1, 0.15) is 17.2 Å². The average molecular weight is 498 g/mol. The number of nitrogens with zero attached hydrogens (tertiary/aromatic N) is 3. The number of fused-ring (bicyclic) bond motifs is 1. The number of anilines is 1. The van der Waals surface area contributed by atoms with Gasteiger partial charge in [-0.3, -0.25) is 4.79 Å². The maximum absolute atomic E-state index is 13.6. The number of benzene rings is 2. The first-order chi connectivity index (χ1) is 17.2. The Bertz CT molecular complexity index is 1400. The zero-order valence-electron chi connectivity index (χ0n) is 20.0. The second kappa shape index (κ2) is 9.29. The smallest absolute Gasteiger partial charge is 0.416 e. The third-order valence-electron chi connectivity index (χ3n) is 6.51. The van der Waals surface area contributed by atoms with Crippen LogP contribution in [-0.2, 0) is 12.7 Å². The van der Waals surface area contributed by atoms with Crippen LogP contribution in [0.3, 0.4) is 0 Å². The number of alkyl halides is 3. The van der Waals surface area contributed by atoms with Crippen molar-refractivity contribution in [3.8, 4) is 5.75 Å². The Balaban J connectivity index is 1.36. The number of ether oxygens (including phenoxy) is 1. The third kappa shape index (κ3) is 4.65. The van der Waals surface area contributed by atoms with Crippen molar-refractivity contribution in [2.45, 2.75) is 19.6 Å². The van der Waals surface area contributed by atoms with Gasteiger partial charge in [-0.1, -0.05) is 18.2 Å². The summed E-state index contributed by atoms with van der Waals surface area (Å²) in [5.41, 5.74) is 2.80. The maximum atomic E-state index is 13.6. The van der Waals surface area contributed by atoms with E-state index >= 15 is 0 Å². The summed E-state index contributed by atoms with van der Waals surface area (Å²) in [7, 11) is 1.61. The Labute approximate surface area is 206 Å². The molecule has 0 bridgehead atoms. The Morgan fingerprint density at radius 3 is 2.47 bits per heavy atom. The molecule has 4 aromatic rings. The number of hydrogen-bond donors (Lipinski definition) is 0. The van der Waals surface area contributed by atoms with Gasteiger partial charge in [0.15, 0.2) is 5.58 Å². The summed E-state index contributed by atoms with van der Waals surface area (Å²) in [5, 5.41) is 0. The third-order valence-corrected chi connectivity index (χ3v) is 6.51. The summed E-state index contributed by atoms with van der Waals surface area (Å²) in [6, 6.07) is 16.7. The highest BCUT2D eigenvalue weighted by Gasteiger charge is 2.32. The van der Waals surface area contributed by atoms with Gasteiger partial charge in [0.25, 0.3) is 5.91 Å². The van der Waals surface area contributed by atoms with Gasteiger partial charge in [-0.25, -0.2) is 0 Å². The molecular weight excluding hydrogens is 471 g/mol. The largest absolute Gasteiger partial charge is 0.497 e. The monoisotopic (exact) mass is 497 g/mol. The number of piperazine rings is 1. The number of halogens is 3. The zero-order valence-corrected chi connectivity index (χ0v) is 20.0. The lowest BCUT2D eigenvalue weighted by atomic mass is 10.1. The van der Waals surface area contributed by atoms with Gasteiger partial charge in [-0.2, -0.15) is 13.2 Å². The van der Waals surface area contributed by atoms with E-state index in [1.54, 1.807) is 24.1 Å². The van der Waals surface area contributed by atoms with Crippen molar-refractivity contribution < 1.29 is 27.1 Å². The van der Waals surface area contributed by atoms with Crippen molar-refractivity contribution in [2.75, 3.05) is 38.2 Å². The minimum absolute atomic E-state index is 0.134. The zero-order chi connectivity index (χ0) is 25.4. The van der Waals surface area contributed by atoms with Gasteiger partial charge in [0.2, 0.25) is 0 Å². The molecule has 188 valence electrons. The number of methoxy groups -OCH3 is 1. The molecule has 2 aromatic carbocycles. The van der Waals surface area contributed by atoms with Crippen molar-refractivity contribution >= 4 is 22.7 Å². The van der Waals surface area contributed by atoms with E-state index < -0.39 is 11.7 Å². The van der Waals surface area contributed by atoms with E-state index in [0.717, 1.165) is 34.7 Å². The number of aryl methyl sites for hydroxylation is 1. The van der Waals surface area contributed by atoms with Crippen LogP contribution >= 0.6 is 0 Å². The van der Waals surface area contributed by atoms with Crippen LogP contribution in [0.15, 0.2) is 65.1 Å². The number of rotatable bonds is 5. The predicted molar refractivity (Wildman–Crippen MR) is 131 cm³/mol. The lowest BCUT2D eigenvalue weighted by Crippen LogP contribution is -2.49. The van der Waals surface area contributed by atoms with Crippen LogP contribution in [0.5, 0.6) is 5.75 Å². The molecule has 0 unspecified atom stereocenters. The van der Waals surface area contributed by atoms with E-state index in [1.165, 1.54) is 6.07 Å². The molecule has 1 fully saturated rings. The predicted octanol–water partition coefficient (Wildman–Crippen LogP) is 5.58. The molecule has 2 aromatic heterocycles. The molecule has 1 amide bonds. The number of furan rings is 1. The molecule has 0 spiro atoms. The van der Waals surface area contributed by atoms with E-state index in [4.69, 9.17) is 9.15 Å². The SMILES string of the molecule is COc1cccc(Cn2c(C(=O)N3CCN(c4cccc(C(F)(F)F)c4)CC3)cc3oc(C)cc32)c1. The summed E-state index contributed by atoms with van der Waals surface area (Å²) in [4.78, 5) is 17.2. The van der Waals surface area contributed by atoms with Gasteiger partial charge in [0, 0.05) is 50.5 Å². The number of carbonyl (C=O) groups excluding carboxylic acids is 1. The molecule has 1 aliphatic rings. The second-order valence-corrected chi connectivity index (χ2v) is 8.90. The molecule has 36 heavy (non-hydrogen) atoms. The van der Waals surface area contributed by atoms with Crippen LogP contribution in [0.4, 0.5) is 18.9 Å². The molecule has 0 saturated carbocycles. The fraction of sp³-hybridized carbons (Fsp3) is 0.296. The second-order valence-electron chi connectivity index (χ2n) is 8.90. The molecule has 6 nitrogen and oxygen atoms in total. The Kier molecular flexibility index (Phi) is 6.15. The quantitative estimate of drug-likeness (QED) is 0.361. The van der Waals surface area contributed by atoms with Crippen LogP contribution in [0, 0.1) is 6.92 Å². The van der Waals surface area contributed by atoms with Gasteiger partial charge in [-0.15, -0.1) is 0 Å². The highest BCUT2D eigenvalue weighted by molar-refractivity contribution is 5.98. The van der Waals surface area contributed by atoms with Crippen LogP contribution in [-0.4, -0.2) is 48.7 Å². The molecule has 9 heteroatoms. The summed E-state index contributed by atoms with van der Waals surface area (Å²) >= 11 is 0. The summed E-state index contributed by atoms with van der Waals surface area (Å²) in [6.45, 7) is 4.02. The van der Waals surface area contributed by atoms with Gasteiger partial charge >= 0.3 is 6.18 Å². The number of aromatic nitrogens is 1. The average Bonchev–Trinajstić information content (AvgIpc) is 3.40. The first-order valence-corrected chi connectivity index (χ1v) is 11.7. The molecular formula is C27H26F3N3O3. The highest BCUT2D eigenvalue weighted by atomic mass is 19.4. The van der Waals surface area contributed by atoms with Gasteiger partial charge < -0.3 is 23.5 Å². The molecule has 1 saturated heterocycles. The summed E-state index contributed by atoms with van der Waals surface area (Å²) < 4.78 is 52.5. The molecule has 1 aliphatic heterocycles. The van der Waals surface area contributed by atoms with Gasteiger partial charge in [0.05, 0.1) is 18.2 Å². The highest BCUT2D eigenvalue weighted by Crippen LogP contribution is 2.32. The Morgan fingerprint density at radius 2 is 1.75 bits per heavy atom. The lowest BCUT2D eigenvalue weighted by Gasteiger charge is -2.36. The first-order valence-electron chi connectivity index (χ1n) is 11.7. The van der Waals surface area contributed by atoms with Gasteiger partial charge in [-0.05, 0) is 42.8 Å². The molecule has 0 N–H and O–H groups in total. The Hall–Kier alpha value is -3.88.